The zero-order chi connectivity index (χ0) is 14.0. The normalized spacial score (nSPS) is 12.7. The molecule has 0 aliphatic rings. The first kappa shape index (κ1) is 13.9. The van der Waals surface area contributed by atoms with Gasteiger partial charge in [0.15, 0.2) is 17.5 Å². The number of nitrogens with zero attached hydrogens (tertiary/aromatic N) is 2. The number of benzene rings is 1. The lowest BCUT2D eigenvalue weighted by molar-refractivity contribution is 0.417. The Labute approximate surface area is 113 Å². The van der Waals surface area contributed by atoms with Crippen LogP contribution in [-0.4, -0.2) is 23.2 Å². The van der Waals surface area contributed by atoms with Crippen LogP contribution in [0, 0.1) is 11.6 Å². The van der Waals surface area contributed by atoms with Crippen molar-refractivity contribution in [2.75, 3.05) is 7.05 Å². The lowest BCUT2D eigenvalue weighted by Gasteiger charge is -2.04. The van der Waals surface area contributed by atoms with Crippen molar-refractivity contribution in [3.63, 3.8) is 0 Å². The third kappa shape index (κ3) is 3.08. The quantitative estimate of drug-likeness (QED) is 0.879. The van der Waals surface area contributed by atoms with Gasteiger partial charge < -0.3 is 9.84 Å². The van der Waals surface area contributed by atoms with Crippen molar-refractivity contribution in [1.82, 2.24) is 15.5 Å². The van der Waals surface area contributed by atoms with E-state index in [1.54, 1.807) is 0 Å². The van der Waals surface area contributed by atoms with Gasteiger partial charge in [-0.25, -0.2) is 8.78 Å². The van der Waals surface area contributed by atoms with E-state index in [9.17, 15) is 8.78 Å². The molecule has 7 heteroatoms. The number of aromatic nitrogens is 2. The van der Waals surface area contributed by atoms with Crippen molar-refractivity contribution in [3.05, 3.63) is 34.6 Å². The van der Waals surface area contributed by atoms with E-state index in [1.165, 1.54) is 0 Å². The number of halogens is 3. The summed E-state index contributed by atoms with van der Waals surface area (Å²) in [6.45, 7) is 1.96. The minimum Gasteiger partial charge on any atom is -0.334 e. The molecule has 1 atom stereocenters. The molecule has 2 aromatic rings. The van der Waals surface area contributed by atoms with E-state index >= 15 is 0 Å². The average molecular weight is 288 g/mol. The van der Waals surface area contributed by atoms with Crippen LogP contribution in [0.15, 0.2) is 16.7 Å². The number of likely N-dealkylation sites (N-methyl/N-ethyl adjacent to an activating group) is 1. The van der Waals surface area contributed by atoms with E-state index in [1.807, 2.05) is 14.0 Å². The molecule has 0 saturated heterocycles. The first-order valence-electron chi connectivity index (χ1n) is 5.66. The van der Waals surface area contributed by atoms with Crippen LogP contribution in [0.4, 0.5) is 8.78 Å². The molecule has 1 unspecified atom stereocenters. The van der Waals surface area contributed by atoms with Gasteiger partial charge in [-0.15, -0.1) is 0 Å². The van der Waals surface area contributed by atoms with Crippen molar-refractivity contribution in [2.24, 2.45) is 0 Å². The molecule has 1 aromatic heterocycles. The molecule has 4 nitrogen and oxygen atoms in total. The van der Waals surface area contributed by atoms with Gasteiger partial charge >= 0.3 is 0 Å². The summed E-state index contributed by atoms with van der Waals surface area (Å²) in [6, 6.07) is 1.99. The van der Waals surface area contributed by atoms with Crippen LogP contribution in [0.1, 0.15) is 12.7 Å². The lowest BCUT2D eigenvalue weighted by Crippen LogP contribution is -2.24. The minimum atomic E-state index is -1.02. The summed E-state index contributed by atoms with van der Waals surface area (Å²) in [6.07, 6.45) is 0.557. The second-order valence-electron chi connectivity index (χ2n) is 4.16. The molecule has 2 rings (SSSR count). The fraction of sp³-hybridized carbons (Fsp3) is 0.333. The van der Waals surface area contributed by atoms with Gasteiger partial charge in [0.1, 0.15) is 0 Å². The van der Waals surface area contributed by atoms with Crippen molar-refractivity contribution in [2.45, 2.75) is 19.4 Å². The van der Waals surface area contributed by atoms with Gasteiger partial charge in [-0.2, -0.15) is 4.98 Å². The van der Waals surface area contributed by atoms with E-state index in [0.717, 1.165) is 12.1 Å². The first-order valence-corrected chi connectivity index (χ1v) is 6.03. The predicted octanol–water partition coefficient (Wildman–Crippen LogP) is 2.82. The van der Waals surface area contributed by atoms with Gasteiger partial charge in [-0.05, 0) is 26.1 Å². The van der Waals surface area contributed by atoms with Crippen LogP contribution >= 0.6 is 11.6 Å². The molecule has 0 aliphatic heterocycles. The molecule has 0 spiro atoms. The summed E-state index contributed by atoms with van der Waals surface area (Å²) in [5.41, 5.74) is 0.177. The van der Waals surface area contributed by atoms with Crippen molar-refractivity contribution in [3.8, 4) is 11.5 Å². The van der Waals surface area contributed by atoms with Gasteiger partial charge in [-0.1, -0.05) is 16.8 Å². The molecule has 0 aliphatic carbocycles. The summed E-state index contributed by atoms with van der Waals surface area (Å²) in [4.78, 5) is 4.11. The van der Waals surface area contributed by atoms with Crippen LogP contribution in [0.2, 0.25) is 5.02 Å². The summed E-state index contributed by atoms with van der Waals surface area (Å²) in [5, 5.41) is 6.83. The molecule has 0 saturated carbocycles. The molecule has 1 N–H and O–H groups in total. The Morgan fingerprint density at radius 1 is 1.37 bits per heavy atom. The molecule has 0 fully saturated rings. The van der Waals surface area contributed by atoms with Crippen molar-refractivity contribution >= 4 is 11.6 Å². The summed E-state index contributed by atoms with van der Waals surface area (Å²) >= 11 is 5.83. The monoisotopic (exact) mass is 287 g/mol. The van der Waals surface area contributed by atoms with Crippen molar-refractivity contribution in [1.29, 1.82) is 0 Å². The largest absolute Gasteiger partial charge is 0.334 e. The molecule has 102 valence electrons. The second kappa shape index (κ2) is 5.63. The fourth-order valence-electron chi connectivity index (χ4n) is 1.51. The summed E-state index contributed by atoms with van der Waals surface area (Å²) < 4.78 is 31.2. The average Bonchev–Trinajstić information content (AvgIpc) is 2.82. The number of hydrogen-bond acceptors (Lipinski definition) is 4. The van der Waals surface area contributed by atoms with Gasteiger partial charge in [0.2, 0.25) is 0 Å². The topological polar surface area (TPSA) is 51.0 Å². The highest BCUT2D eigenvalue weighted by Crippen LogP contribution is 2.28. The molecular weight excluding hydrogens is 276 g/mol. The Balaban J connectivity index is 2.30. The van der Waals surface area contributed by atoms with Gasteiger partial charge in [0.05, 0.1) is 10.6 Å². The smallest absolute Gasteiger partial charge is 0.259 e. The zero-order valence-electron chi connectivity index (χ0n) is 10.4. The third-order valence-corrected chi connectivity index (χ3v) is 3.00. The Morgan fingerprint density at radius 2 is 2.05 bits per heavy atom. The van der Waals surface area contributed by atoms with Crippen LogP contribution in [0.5, 0.6) is 0 Å². The zero-order valence-corrected chi connectivity index (χ0v) is 11.1. The van der Waals surface area contributed by atoms with Crippen LogP contribution in [0.3, 0.4) is 0 Å². The van der Waals surface area contributed by atoms with E-state index in [0.29, 0.717) is 12.2 Å². The molecule has 0 amide bonds. The van der Waals surface area contributed by atoms with E-state index in [-0.39, 0.29) is 22.5 Å². The van der Waals surface area contributed by atoms with E-state index in [4.69, 9.17) is 16.1 Å². The maximum atomic E-state index is 13.2. The molecule has 19 heavy (non-hydrogen) atoms. The Morgan fingerprint density at radius 3 is 2.74 bits per heavy atom. The molecule has 1 aromatic carbocycles. The Bertz CT molecular complexity index is 588. The van der Waals surface area contributed by atoms with Crippen LogP contribution < -0.4 is 5.32 Å². The summed E-state index contributed by atoms with van der Waals surface area (Å²) in [5.74, 6) is -1.49. The van der Waals surface area contributed by atoms with Crippen LogP contribution in [0.25, 0.3) is 11.5 Å². The van der Waals surface area contributed by atoms with Gasteiger partial charge in [-0.3, -0.25) is 0 Å². The highest BCUT2D eigenvalue weighted by atomic mass is 35.5. The number of rotatable bonds is 4. The van der Waals surface area contributed by atoms with E-state index in [2.05, 4.69) is 15.5 Å². The molecular formula is C12H12ClF2N3O. The van der Waals surface area contributed by atoms with Crippen molar-refractivity contribution < 1.29 is 13.3 Å². The second-order valence-corrected chi connectivity index (χ2v) is 4.56. The van der Waals surface area contributed by atoms with Gasteiger partial charge in [0, 0.05) is 12.5 Å². The molecule has 0 radical (unpaired) electrons. The molecule has 0 bridgehead atoms. The minimum absolute atomic E-state index is 0.0239. The van der Waals surface area contributed by atoms with E-state index < -0.39 is 11.6 Å². The molecule has 1 heterocycles. The standard InChI is InChI=1S/C12H12ClF2N3O/c1-6(16-2)3-11-17-12(19-18-11)7-4-9(14)10(15)5-8(7)13/h4-6,16H,3H2,1-2H3. The third-order valence-electron chi connectivity index (χ3n) is 2.69. The SMILES string of the molecule is CNC(C)Cc1noc(-c2cc(F)c(F)cc2Cl)n1. The number of nitrogens with one attached hydrogen (secondary N) is 1. The maximum Gasteiger partial charge on any atom is 0.259 e. The summed E-state index contributed by atoms with van der Waals surface area (Å²) in [7, 11) is 1.82. The highest BCUT2D eigenvalue weighted by Gasteiger charge is 2.16. The fourth-order valence-corrected chi connectivity index (χ4v) is 1.74. The van der Waals surface area contributed by atoms with Crippen LogP contribution in [-0.2, 0) is 6.42 Å². The Kier molecular flexibility index (Phi) is 4.11. The number of hydrogen-bond donors (Lipinski definition) is 1. The first-order chi connectivity index (χ1) is 9.01. The predicted molar refractivity (Wildman–Crippen MR) is 66.9 cm³/mol. The lowest BCUT2D eigenvalue weighted by atomic mass is 10.2. The Hall–Kier alpha value is -1.53. The highest BCUT2D eigenvalue weighted by molar-refractivity contribution is 6.33. The van der Waals surface area contributed by atoms with Gasteiger partial charge in [0.25, 0.3) is 5.89 Å². The maximum absolute atomic E-state index is 13.2.